The summed E-state index contributed by atoms with van der Waals surface area (Å²) in [5.74, 6) is 1.60. The zero-order valence-corrected chi connectivity index (χ0v) is 14.9. The second-order valence-electron chi connectivity index (χ2n) is 5.28. The molecule has 6 nitrogen and oxygen atoms in total. The van der Waals surface area contributed by atoms with Gasteiger partial charge in [0.25, 0.3) is 0 Å². The molecule has 0 atom stereocenters. The number of hydrogen-bond donors (Lipinski definition) is 2. The molecule has 0 bridgehead atoms. The average molecular weight is 363 g/mol. The summed E-state index contributed by atoms with van der Waals surface area (Å²) in [5.41, 5.74) is 8.70. The number of ether oxygens (including phenoxy) is 2. The number of aromatic hydroxyl groups is 1. The van der Waals surface area contributed by atoms with Gasteiger partial charge in [-0.25, -0.2) is 4.98 Å². The van der Waals surface area contributed by atoms with E-state index in [1.54, 1.807) is 12.1 Å². The molecule has 0 radical (unpaired) electrons. The zero-order chi connectivity index (χ0) is 17.3. The molecule has 0 amide bonds. The summed E-state index contributed by atoms with van der Waals surface area (Å²) in [6.45, 7) is 1.84. The quantitative estimate of drug-likeness (QED) is 0.680. The van der Waals surface area contributed by atoms with E-state index in [0.717, 1.165) is 11.3 Å². The molecule has 3 rings (SSSR count). The molecule has 0 saturated heterocycles. The van der Waals surface area contributed by atoms with E-state index in [0.29, 0.717) is 22.9 Å². The highest BCUT2D eigenvalue weighted by atomic mass is 35.5. The van der Waals surface area contributed by atoms with Crippen LogP contribution in [0.25, 0.3) is 22.7 Å². The summed E-state index contributed by atoms with van der Waals surface area (Å²) >= 11 is 0. The van der Waals surface area contributed by atoms with Gasteiger partial charge in [0, 0.05) is 16.8 Å². The number of nitrogens with two attached hydrogens (primary N) is 1. The van der Waals surface area contributed by atoms with Gasteiger partial charge in [-0.05, 0) is 31.2 Å². The highest BCUT2D eigenvalue weighted by molar-refractivity contribution is 5.85. The molecule has 0 fully saturated rings. The van der Waals surface area contributed by atoms with E-state index in [9.17, 15) is 5.11 Å². The van der Waals surface area contributed by atoms with Gasteiger partial charge in [0.15, 0.2) is 11.5 Å². The van der Waals surface area contributed by atoms with E-state index in [1.165, 1.54) is 14.2 Å². The van der Waals surface area contributed by atoms with Crippen LogP contribution in [0, 0.1) is 6.92 Å². The molecule has 0 aliphatic heterocycles. The molecule has 3 aromatic rings. The van der Waals surface area contributed by atoms with Crippen LogP contribution in [0.4, 0.5) is 5.69 Å². The van der Waals surface area contributed by atoms with Gasteiger partial charge in [-0.2, -0.15) is 0 Å². The largest absolute Gasteiger partial charge is 0.502 e. The Morgan fingerprint density at radius 1 is 1.00 bits per heavy atom. The standard InChI is InChI=1S/C18H18N2O4.ClH/c1-10-16(11-4-6-13(19)7-5-11)20-18(24-10)12-8-14(22-2)17(21)15(9-12)23-3;/h4-9,21H,19H2,1-3H3;1H. The van der Waals surface area contributed by atoms with Crippen molar-refractivity contribution in [3.05, 3.63) is 42.2 Å². The number of methoxy groups -OCH3 is 2. The van der Waals surface area contributed by atoms with E-state index < -0.39 is 0 Å². The Hall–Kier alpha value is -2.86. The fraction of sp³-hybridized carbons (Fsp3) is 0.167. The summed E-state index contributed by atoms with van der Waals surface area (Å²) in [4.78, 5) is 4.56. The van der Waals surface area contributed by atoms with Crippen molar-refractivity contribution in [2.24, 2.45) is 0 Å². The third-order valence-corrected chi connectivity index (χ3v) is 3.71. The van der Waals surface area contributed by atoms with Crippen molar-refractivity contribution in [3.8, 4) is 40.0 Å². The maximum absolute atomic E-state index is 10.0. The third-order valence-electron chi connectivity index (χ3n) is 3.71. The van der Waals surface area contributed by atoms with E-state index in [-0.39, 0.29) is 29.7 Å². The Bertz CT molecular complexity index is 850. The Morgan fingerprint density at radius 2 is 1.56 bits per heavy atom. The van der Waals surface area contributed by atoms with Gasteiger partial charge in [-0.15, -0.1) is 12.4 Å². The summed E-state index contributed by atoms with van der Waals surface area (Å²) in [7, 11) is 2.94. The number of benzene rings is 2. The molecular formula is C18H19ClN2O4. The van der Waals surface area contributed by atoms with Gasteiger partial charge in [0.05, 0.1) is 14.2 Å². The molecule has 0 unspecified atom stereocenters. The second-order valence-corrected chi connectivity index (χ2v) is 5.28. The number of rotatable bonds is 4. The summed E-state index contributed by atoms with van der Waals surface area (Å²) < 4.78 is 16.1. The van der Waals surface area contributed by atoms with Crippen molar-refractivity contribution < 1.29 is 19.0 Å². The smallest absolute Gasteiger partial charge is 0.227 e. The summed E-state index contributed by atoms with van der Waals surface area (Å²) in [6, 6.07) is 10.7. The number of anilines is 1. The predicted octanol–water partition coefficient (Wildman–Crippen LogP) is 4.04. The minimum absolute atomic E-state index is 0. The minimum atomic E-state index is -0.0641. The van der Waals surface area contributed by atoms with Gasteiger partial charge < -0.3 is 24.7 Å². The zero-order valence-electron chi connectivity index (χ0n) is 14.1. The number of oxazole rings is 1. The lowest BCUT2D eigenvalue weighted by Crippen LogP contribution is -1.91. The monoisotopic (exact) mass is 362 g/mol. The van der Waals surface area contributed by atoms with Crippen molar-refractivity contribution >= 4 is 18.1 Å². The maximum Gasteiger partial charge on any atom is 0.227 e. The van der Waals surface area contributed by atoms with Crippen molar-refractivity contribution in [3.63, 3.8) is 0 Å². The van der Waals surface area contributed by atoms with Crippen molar-refractivity contribution in [2.75, 3.05) is 20.0 Å². The molecule has 1 heterocycles. The summed E-state index contributed by atoms with van der Waals surface area (Å²) in [6.07, 6.45) is 0. The van der Waals surface area contributed by atoms with Gasteiger partial charge >= 0.3 is 0 Å². The number of aryl methyl sites for hydroxylation is 1. The molecule has 0 aliphatic carbocycles. The average Bonchev–Trinajstić information content (AvgIpc) is 2.97. The van der Waals surface area contributed by atoms with Gasteiger partial charge in [0.1, 0.15) is 11.5 Å². The molecule has 0 saturated carbocycles. The van der Waals surface area contributed by atoms with Crippen LogP contribution < -0.4 is 15.2 Å². The van der Waals surface area contributed by atoms with Crippen LogP contribution in [0.15, 0.2) is 40.8 Å². The number of phenolic OH excluding ortho intramolecular Hbond substituents is 1. The molecule has 0 spiro atoms. The van der Waals surface area contributed by atoms with Crippen molar-refractivity contribution in [2.45, 2.75) is 6.92 Å². The van der Waals surface area contributed by atoms with E-state index in [4.69, 9.17) is 19.6 Å². The molecular weight excluding hydrogens is 344 g/mol. The minimum Gasteiger partial charge on any atom is -0.502 e. The normalized spacial score (nSPS) is 10.2. The Balaban J connectivity index is 0.00000225. The first-order valence-electron chi connectivity index (χ1n) is 7.32. The fourth-order valence-electron chi connectivity index (χ4n) is 2.45. The Labute approximate surface area is 151 Å². The lowest BCUT2D eigenvalue weighted by atomic mass is 10.1. The van der Waals surface area contributed by atoms with Crippen molar-refractivity contribution in [1.82, 2.24) is 4.98 Å². The summed E-state index contributed by atoms with van der Waals surface area (Å²) in [5, 5.41) is 10.0. The SMILES string of the molecule is COc1cc(-c2nc(-c3ccc(N)cc3)c(C)o2)cc(OC)c1O.Cl. The highest BCUT2D eigenvalue weighted by Gasteiger charge is 2.18. The molecule has 3 N–H and O–H groups in total. The number of nitrogens with zero attached hydrogens (tertiary/aromatic N) is 1. The number of aromatic nitrogens is 1. The van der Waals surface area contributed by atoms with Crippen LogP contribution in [-0.2, 0) is 0 Å². The van der Waals surface area contributed by atoms with Crippen LogP contribution in [0.2, 0.25) is 0 Å². The molecule has 2 aromatic carbocycles. The van der Waals surface area contributed by atoms with Gasteiger partial charge in [-0.3, -0.25) is 0 Å². The Kier molecular flexibility index (Phi) is 5.44. The first kappa shape index (κ1) is 18.5. The lowest BCUT2D eigenvalue weighted by Gasteiger charge is -2.09. The first-order valence-corrected chi connectivity index (χ1v) is 7.32. The third kappa shape index (κ3) is 3.49. The molecule has 132 valence electrons. The lowest BCUT2D eigenvalue weighted by molar-refractivity contribution is 0.340. The Morgan fingerprint density at radius 3 is 2.08 bits per heavy atom. The van der Waals surface area contributed by atoms with Crippen LogP contribution in [0.3, 0.4) is 0 Å². The van der Waals surface area contributed by atoms with Crippen molar-refractivity contribution in [1.29, 1.82) is 0 Å². The number of hydrogen-bond acceptors (Lipinski definition) is 6. The molecule has 0 aliphatic rings. The molecule has 7 heteroatoms. The highest BCUT2D eigenvalue weighted by Crippen LogP contribution is 2.41. The van der Waals surface area contributed by atoms with Gasteiger partial charge in [0.2, 0.25) is 11.6 Å². The van der Waals surface area contributed by atoms with Crippen LogP contribution in [-0.4, -0.2) is 24.3 Å². The van der Waals surface area contributed by atoms with E-state index in [1.807, 2.05) is 31.2 Å². The van der Waals surface area contributed by atoms with Crippen LogP contribution in [0.1, 0.15) is 5.76 Å². The number of nitrogen functional groups attached to an aromatic ring is 1. The fourth-order valence-corrected chi connectivity index (χ4v) is 2.45. The van der Waals surface area contributed by atoms with E-state index in [2.05, 4.69) is 4.98 Å². The molecule has 25 heavy (non-hydrogen) atoms. The number of halogens is 1. The van der Waals surface area contributed by atoms with Crippen LogP contribution in [0.5, 0.6) is 17.2 Å². The first-order chi connectivity index (χ1) is 11.5. The maximum atomic E-state index is 10.0. The van der Waals surface area contributed by atoms with Gasteiger partial charge in [-0.1, -0.05) is 12.1 Å². The predicted molar refractivity (Wildman–Crippen MR) is 98.5 cm³/mol. The van der Waals surface area contributed by atoms with E-state index >= 15 is 0 Å². The topological polar surface area (TPSA) is 90.7 Å². The number of phenols is 1. The van der Waals surface area contributed by atoms with Crippen LogP contribution >= 0.6 is 12.4 Å². The molecule has 1 aromatic heterocycles. The second kappa shape index (κ2) is 7.36.